The molecule has 1 rings (SSSR count). The molecule has 0 bridgehead atoms. The fraction of sp³-hybridized carbons (Fsp3) is 0.333. The maximum Gasteiger partial charge on any atom is 0.433 e. The van der Waals surface area contributed by atoms with Gasteiger partial charge in [-0.05, 0) is 12.1 Å². The van der Waals surface area contributed by atoms with Gasteiger partial charge in [0.1, 0.15) is 0 Å². The van der Waals surface area contributed by atoms with E-state index in [4.69, 9.17) is 5.26 Å². The number of alkyl halides is 5. The van der Waals surface area contributed by atoms with Crippen molar-refractivity contribution in [3.05, 3.63) is 29.1 Å². The van der Waals surface area contributed by atoms with Crippen molar-refractivity contribution < 1.29 is 22.0 Å². The van der Waals surface area contributed by atoms with E-state index >= 15 is 0 Å². The third-order valence-corrected chi connectivity index (χ3v) is 1.75. The summed E-state index contributed by atoms with van der Waals surface area (Å²) in [5, 5.41) is 8.27. The summed E-state index contributed by atoms with van der Waals surface area (Å²) in [4.78, 5) is 3.03. The number of pyridine rings is 1. The van der Waals surface area contributed by atoms with E-state index in [1.807, 2.05) is 0 Å². The highest BCUT2D eigenvalue weighted by molar-refractivity contribution is 5.27. The average Bonchev–Trinajstić information content (AvgIpc) is 2.16. The first-order valence-electron chi connectivity index (χ1n) is 4.08. The van der Waals surface area contributed by atoms with Gasteiger partial charge in [0.25, 0.3) is 6.43 Å². The summed E-state index contributed by atoms with van der Waals surface area (Å²) >= 11 is 0. The van der Waals surface area contributed by atoms with E-state index < -0.39 is 23.9 Å². The molecular weight excluding hydrogens is 231 g/mol. The molecule has 0 saturated heterocycles. The van der Waals surface area contributed by atoms with Gasteiger partial charge >= 0.3 is 6.18 Å². The predicted octanol–water partition coefficient (Wildman–Crippen LogP) is 3.10. The molecule has 86 valence electrons. The molecule has 0 spiro atoms. The number of aromatic nitrogens is 1. The number of hydrogen-bond acceptors (Lipinski definition) is 2. The predicted molar refractivity (Wildman–Crippen MR) is 43.5 cm³/mol. The van der Waals surface area contributed by atoms with Crippen LogP contribution in [0.1, 0.15) is 23.4 Å². The fourth-order valence-corrected chi connectivity index (χ4v) is 1.09. The topological polar surface area (TPSA) is 36.7 Å². The SMILES string of the molecule is N#CCc1ccc(C(F)F)c(C(F)(F)F)n1. The normalized spacial score (nSPS) is 11.6. The zero-order valence-corrected chi connectivity index (χ0v) is 7.72. The quantitative estimate of drug-likeness (QED) is 0.740. The van der Waals surface area contributed by atoms with Crippen LogP contribution in [-0.2, 0) is 12.6 Å². The molecule has 0 aliphatic carbocycles. The third-order valence-electron chi connectivity index (χ3n) is 1.75. The van der Waals surface area contributed by atoms with Crippen molar-refractivity contribution in [1.82, 2.24) is 4.98 Å². The molecular formula is C9H5F5N2. The van der Waals surface area contributed by atoms with E-state index in [2.05, 4.69) is 4.98 Å². The summed E-state index contributed by atoms with van der Waals surface area (Å²) in [6.45, 7) is 0. The van der Waals surface area contributed by atoms with Gasteiger partial charge < -0.3 is 0 Å². The first-order chi connectivity index (χ1) is 7.36. The number of nitriles is 1. The Bertz CT molecular complexity index is 419. The summed E-state index contributed by atoms with van der Waals surface area (Å²) in [5.74, 6) is 0. The number of hydrogen-bond donors (Lipinski definition) is 0. The zero-order valence-electron chi connectivity index (χ0n) is 7.72. The van der Waals surface area contributed by atoms with Crippen LogP contribution < -0.4 is 0 Å². The van der Waals surface area contributed by atoms with E-state index in [0.717, 1.165) is 6.07 Å². The minimum Gasteiger partial charge on any atom is -0.247 e. The van der Waals surface area contributed by atoms with E-state index in [9.17, 15) is 22.0 Å². The molecule has 1 aromatic rings. The van der Waals surface area contributed by atoms with Gasteiger partial charge in [-0.15, -0.1) is 0 Å². The fourth-order valence-electron chi connectivity index (χ4n) is 1.09. The van der Waals surface area contributed by atoms with Crippen LogP contribution >= 0.6 is 0 Å². The molecule has 0 N–H and O–H groups in total. The van der Waals surface area contributed by atoms with Crippen LogP contribution in [0.25, 0.3) is 0 Å². The lowest BCUT2D eigenvalue weighted by Gasteiger charge is -2.11. The first kappa shape index (κ1) is 12.4. The largest absolute Gasteiger partial charge is 0.433 e. The molecule has 0 aromatic carbocycles. The molecule has 1 aromatic heterocycles. The molecule has 0 radical (unpaired) electrons. The average molecular weight is 236 g/mol. The highest BCUT2D eigenvalue weighted by Gasteiger charge is 2.37. The van der Waals surface area contributed by atoms with Crippen LogP contribution in [0, 0.1) is 11.3 Å². The van der Waals surface area contributed by atoms with Crippen molar-refractivity contribution >= 4 is 0 Å². The second kappa shape index (κ2) is 4.43. The molecule has 1 heterocycles. The number of halogens is 5. The van der Waals surface area contributed by atoms with Gasteiger partial charge in [0.05, 0.1) is 18.2 Å². The van der Waals surface area contributed by atoms with Crippen LogP contribution in [-0.4, -0.2) is 4.98 Å². The Morgan fingerprint density at radius 3 is 2.38 bits per heavy atom. The monoisotopic (exact) mass is 236 g/mol. The van der Waals surface area contributed by atoms with Crippen LogP contribution in [0.2, 0.25) is 0 Å². The second-order valence-corrected chi connectivity index (χ2v) is 2.87. The summed E-state index contributed by atoms with van der Waals surface area (Å²) in [5.41, 5.74) is -2.98. The lowest BCUT2D eigenvalue weighted by atomic mass is 10.1. The Morgan fingerprint density at radius 1 is 1.31 bits per heavy atom. The van der Waals surface area contributed by atoms with Crippen molar-refractivity contribution in [2.45, 2.75) is 19.0 Å². The summed E-state index contributed by atoms with van der Waals surface area (Å²) in [7, 11) is 0. The Balaban J connectivity index is 3.28. The van der Waals surface area contributed by atoms with Crippen molar-refractivity contribution in [2.24, 2.45) is 0 Å². The van der Waals surface area contributed by atoms with Crippen LogP contribution in [0.4, 0.5) is 22.0 Å². The summed E-state index contributed by atoms with van der Waals surface area (Å²) in [6.07, 6.45) is -8.55. The number of rotatable bonds is 2. The molecule has 0 amide bonds. The van der Waals surface area contributed by atoms with E-state index in [-0.39, 0.29) is 12.1 Å². The van der Waals surface area contributed by atoms with Gasteiger partial charge in [-0.1, -0.05) is 0 Å². The van der Waals surface area contributed by atoms with Crippen LogP contribution in [0.15, 0.2) is 12.1 Å². The molecule has 0 unspecified atom stereocenters. The maximum absolute atomic E-state index is 12.4. The summed E-state index contributed by atoms with van der Waals surface area (Å²) in [6, 6.07) is 3.23. The van der Waals surface area contributed by atoms with Crippen molar-refractivity contribution in [3.8, 4) is 6.07 Å². The van der Waals surface area contributed by atoms with Crippen LogP contribution in [0.5, 0.6) is 0 Å². The van der Waals surface area contributed by atoms with Gasteiger partial charge in [0.15, 0.2) is 5.69 Å². The van der Waals surface area contributed by atoms with Crippen molar-refractivity contribution in [3.63, 3.8) is 0 Å². The third kappa shape index (κ3) is 2.66. The van der Waals surface area contributed by atoms with Crippen molar-refractivity contribution in [1.29, 1.82) is 5.26 Å². The molecule has 0 fully saturated rings. The lowest BCUT2D eigenvalue weighted by molar-refractivity contribution is -0.143. The highest BCUT2D eigenvalue weighted by atomic mass is 19.4. The van der Waals surface area contributed by atoms with Gasteiger partial charge in [-0.25, -0.2) is 13.8 Å². The van der Waals surface area contributed by atoms with Crippen molar-refractivity contribution in [2.75, 3.05) is 0 Å². The Hall–Kier alpha value is -1.71. The minimum absolute atomic E-state index is 0.181. The molecule has 0 aliphatic heterocycles. The summed E-state index contributed by atoms with van der Waals surface area (Å²) < 4.78 is 61.6. The van der Waals surface area contributed by atoms with E-state index in [0.29, 0.717) is 6.07 Å². The smallest absolute Gasteiger partial charge is 0.247 e. The lowest BCUT2D eigenvalue weighted by Crippen LogP contribution is -2.13. The molecule has 0 aliphatic rings. The standard InChI is InChI=1S/C9H5F5N2/c10-8(11)6-2-1-5(3-4-15)16-7(6)9(12,13)14/h1-2,8H,3H2. The Morgan fingerprint density at radius 2 is 1.94 bits per heavy atom. The molecule has 7 heteroatoms. The van der Waals surface area contributed by atoms with E-state index in [1.54, 1.807) is 6.07 Å². The maximum atomic E-state index is 12.4. The van der Waals surface area contributed by atoms with Gasteiger partial charge in [-0.3, -0.25) is 0 Å². The first-order valence-corrected chi connectivity index (χ1v) is 4.08. The second-order valence-electron chi connectivity index (χ2n) is 2.87. The number of nitrogens with zero attached hydrogens (tertiary/aromatic N) is 2. The van der Waals surface area contributed by atoms with Gasteiger partial charge in [0.2, 0.25) is 0 Å². The van der Waals surface area contributed by atoms with Crippen LogP contribution in [0.3, 0.4) is 0 Å². The van der Waals surface area contributed by atoms with Gasteiger partial charge in [-0.2, -0.15) is 18.4 Å². The molecule has 16 heavy (non-hydrogen) atoms. The molecule has 0 atom stereocenters. The molecule has 2 nitrogen and oxygen atoms in total. The minimum atomic E-state index is -4.95. The Kier molecular flexibility index (Phi) is 3.42. The van der Waals surface area contributed by atoms with Gasteiger partial charge in [0, 0.05) is 5.56 Å². The highest BCUT2D eigenvalue weighted by Crippen LogP contribution is 2.34. The zero-order chi connectivity index (χ0) is 12.3. The molecule has 0 saturated carbocycles. The Labute approximate surface area is 87.3 Å². The van der Waals surface area contributed by atoms with E-state index in [1.165, 1.54) is 0 Å².